The fourth-order valence-electron chi connectivity index (χ4n) is 4.44. The van der Waals surface area contributed by atoms with Crippen molar-refractivity contribution in [2.75, 3.05) is 37.1 Å². The van der Waals surface area contributed by atoms with Crippen LogP contribution in [-0.2, 0) is 16.4 Å². The molecule has 5 nitrogen and oxygen atoms in total. The molecule has 0 atom stereocenters. The minimum atomic E-state index is -3.72. The first-order valence-electron chi connectivity index (χ1n) is 11.5. The largest absolute Gasteiger partial charge is 0.489 e. The molecule has 0 fully saturated rings. The number of sulfonamides is 1. The van der Waals surface area contributed by atoms with Crippen LogP contribution in [0.3, 0.4) is 0 Å². The van der Waals surface area contributed by atoms with Crippen LogP contribution in [0.4, 0.5) is 5.69 Å². The zero-order valence-electron chi connectivity index (χ0n) is 19.0. The summed E-state index contributed by atoms with van der Waals surface area (Å²) in [6.07, 6.45) is 3.15. The lowest BCUT2D eigenvalue weighted by molar-refractivity contribution is 0.278. The highest BCUT2D eigenvalue weighted by Gasteiger charge is 2.31. The average Bonchev–Trinajstić information content (AvgIpc) is 2.82. The van der Waals surface area contributed by atoms with Gasteiger partial charge in [0.05, 0.1) is 17.1 Å². The molecule has 0 spiro atoms. The minimum Gasteiger partial charge on any atom is -0.489 e. The normalized spacial score (nSPS) is 13.9. The van der Waals surface area contributed by atoms with Gasteiger partial charge in [0.1, 0.15) is 12.4 Å². The maximum Gasteiger partial charge on any atom is 0.265 e. The Bertz CT molecular complexity index is 1170. The molecular weight excluding hydrogens is 420 g/mol. The number of fused-ring (bicyclic) bond motifs is 2. The van der Waals surface area contributed by atoms with E-state index in [1.54, 1.807) is 6.07 Å². The second-order valence-corrected chi connectivity index (χ2v) is 10.1. The summed E-state index contributed by atoms with van der Waals surface area (Å²) >= 11 is 0. The van der Waals surface area contributed by atoms with Crippen molar-refractivity contribution in [3.63, 3.8) is 0 Å². The molecule has 32 heavy (non-hydrogen) atoms. The van der Waals surface area contributed by atoms with E-state index in [9.17, 15) is 8.42 Å². The number of ether oxygens (including phenoxy) is 1. The molecule has 0 saturated carbocycles. The molecule has 1 aliphatic rings. The van der Waals surface area contributed by atoms with Crippen molar-refractivity contribution in [2.45, 2.75) is 38.0 Å². The van der Waals surface area contributed by atoms with Gasteiger partial charge in [-0.25, -0.2) is 8.42 Å². The van der Waals surface area contributed by atoms with Crippen LogP contribution in [-0.4, -0.2) is 46.1 Å². The summed E-state index contributed by atoms with van der Waals surface area (Å²) in [5, 5.41) is 1.66. The summed E-state index contributed by atoms with van der Waals surface area (Å²) in [7, 11) is -3.72. The summed E-state index contributed by atoms with van der Waals surface area (Å²) in [4.78, 5) is 2.81. The molecule has 3 aromatic rings. The lowest BCUT2D eigenvalue weighted by Gasteiger charge is -2.31. The Kier molecular flexibility index (Phi) is 7.01. The highest BCUT2D eigenvalue weighted by molar-refractivity contribution is 7.93. The Hall–Kier alpha value is -2.57. The zero-order valence-corrected chi connectivity index (χ0v) is 19.8. The molecule has 170 valence electrons. The van der Waals surface area contributed by atoms with Crippen molar-refractivity contribution in [1.82, 2.24) is 4.90 Å². The van der Waals surface area contributed by atoms with Gasteiger partial charge in [-0.2, -0.15) is 0 Å². The van der Waals surface area contributed by atoms with Crippen molar-refractivity contribution in [2.24, 2.45) is 0 Å². The van der Waals surface area contributed by atoms with Gasteiger partial charge in [-0.15, -0.1) is 0 Å². The molecule has 1 aliphatic heterocycles. The van der Waals surface area contributed by atoms with E-state index >= 15 is 0 Å². The van der Waals surface area contributed by atoms with Crippen LogP contribution < -0.4 is 9.04 Å². The Labute approximate surface area is 191 Å². The monoisotopic (exact) mass is 452 g/mol. The van der Waals surface area contributed by atoms with Gasteiger partial charge in [-0.3, -0.25) is 4.31 Å². The number of rotatable bonds is 9. The van der Waals surface area contributed by atoms with E-state index in [4.69, 9.17) is 4.74 Å². The van der Waals surface area contributed by atoms with E-state index in [1.165, 1.54) is 4.31 Å². The summed E-state index contributed by atoms with van der Waals surface area (Å²) in [5.74, 6) is 0.628. The predicted molar refractivity (Wildman–Crippen MR) is 131 cm³/mol. The van der Waals surface area contributed by atoms with Crippen molar-refractivity contribution in [1.29, 1.82) is 0 Å². The maximum atomic E-state index is 13.8. The van der Waals surface area contributed by atoms with Gasteiger partial charge in [-0.05, 0) is 61.5 Å². The molecule has 0 N–H and O–H groups in total. The van der Waals surface area contributed by atoms with E-state index < -0.39 is 10.0 Å². The van der Waals surface area contributed by atoms with Crippen molar-refractivity contribution >= 4 is 26.5 Å². The first kappa shape index (κ1) is 22.6. The second-order valence-electron chi connectivity index (χ2n) is 8.30. The van der Waals surface area contributed by atoms with E-state index in [0.717, 1.165) is 55.2 Å². The van der Waals surface area contributed by atoms with Crippen molar-refractivity contribution in [3.8, 4) is 5.75 Å². The SMILES string of the molecule is CCCN(CCC)CCc1ccc2c(c1)N(S(=O)(=O)c1cccc3ccccc13)CCO2. The summed E-state index contributed by atoms with van der Waals surface area (Å²) in [6.45, 7) is 8.20. The van der Waals surface area contributed by atoms with Gasteiger partial charge in [0, 0.05) is 11.9 Å². The van der Waals surface area contributed by atoms with Gasteiger partial charge >= 0.3 is 0 Å². The fraction of sp³-hybridized carbons (Fsp3) is 0.385. The van der Waals surface area contributed by atoms with Crippen LogP contribution in [0.5, 0.6) is 5.75 Å². The lowest BCUT2D eigenvalue weighted by Crippen LogP contribution is -2.38. The standard InChI is InChI=1S/C26H32N2O3S/c1-3-15-27(16-4-2)17-14-21-12-13-25-24(20-21)28(18-19-31-25)32(29,30)26-11-7-9-22-8-5-6-10-23(22)26/h5-13,20H,3-4,14-19H2,1-2H3. The van der Waals surface area contributed by atoms with Crippen molar-refractivity contribution < 1.29 is 13.2 Å². The molecule has 6 heteroatoms. The molecule has 0 aromatic heterocycles. The number of nitrogens with zero attached hydrogens (tertiary/aromatic N) is 2. The average molecular weight is 453 g/mol. The van der Waals surface area contributed by atoms with Crippen molar-refractivity contribution in [3.05, 3.63) is 66.2 Å². The van der Waals surface area contributed by atoms with Gasteiger partial charge in [-0.1, -0.05) is 56.3 Å². The number of hydrogen-bond donors (Lipinski definition) is 0. The van der Waals surface area contributed by atoms with Crippen LogP contribution in [0, 0.1) is 0 Å². The summed E-state index contributed by atoms with van der Waals surface area (Å²) in [5.41, 5.74) is 1.77. The first-order chi connectivity index (χ1) is 15.5. The van der Waals surface area contributed by atoms with Crippen LogP contribution in [0.2, 0.25) is 0 Å². The van der Waals surface area contributed by atoms with Gasteiger partial charge in [0.2, 0.25) is 0 Å². The topological polar surface area (TPSA) is 49.9 Å². The first-order valence-corrected chi connectivity index (χ1v) is 13.0. The Morgan fingerprint density at radius 3 is 2.47 bits per heavy atom. The van der Waals surface area contributed by atoms with Crippen LogP contribution in [0.25, 0.3) is 10.8 Å². The molecule has 0 saturated heterocycles. The Morgan fingerprint density at radius 2 is 1.69 bits per heavy atom. The fourth-order valence-corrected chi connectivity index (χ4v) is 6.11. The quantitative estimate of drug-likeness (QED) is 0.454. The van der Waals surface area contributed by atoms with E-state index in [1.807, 2.05) is 48.5 Å². The van der Waals surface area contributed by atoms with Gasteiger partial charge in [0.25, 0.3) is 10.0 Å². The van der Waals surface area contributed by atoms with Gasteiger partial charge < -0.3 is 9.64 Å². The molecule has 0 aliphatic carbocycles. The number of anilines is 1. The number of benzene rings is 3. The zero-order chi connectivity index (χ0) is 22.6. The number of hydrogen-bond acceptors (Lipinski definition) is 4. The van der Waals surface area contributed by atoms with Crippen LogP contribution in [0.15, 0.2) is 65.6 Å². The molecule has 4 rings (SSSR count). The van der Waals surface area contributed by atoms with Crippen LogP contribution >= 0.6 is 0 Å². The molecule has 0 radical (unpaired) electrons. The second kappa shape index (κ2) is 9.92. The summed E-state index contributed by atoms with van der Waals surface area (Å²) in [6, 6.07) is 19.0. The smallest absolute Gasteiger partial charge is 0.265 e. The lowest BCUT2D eigenvalue weighted by atomic mass is 10.1. The van der Waals surface area contributed by atoms with Gasteiger partial charge in [0.15, 0.2) is 0 Å². The molecule has 1 heterocycles. The highest BCUT2D eigenvalue weighted by atomic mass is 32.2. The molecule has 0 unspecified atom stereocenters. The van der Waals surface area contributed by atoms with E-state index in [-0.39, 0.29) is 0 Å². The third-order valence-corrected chi connectivity index (χ3v) is 7.83. The summed E-state index contributed by atoms with van der Waals surface area (Å²) < 4.78 is 34.9. The highest BCUT2D eigenvalue weighted by Crippen LogP contribution is 2.37. The Morgan fingerprint density at radius 1 is 0.938 bits per heavy atom. The third kappa shape index (κ3) is 4.62. The molecule has 0 amide bonds. The third-order valence-electron chi connectivity index (χ3n) is 5.96. The molecular formula is C26H32N2O3S. The van der Waals surface area contributed by atoms with E-state index in [0.29, 0.717) is 29.5 Å². The molecule has 3 aromatic carbocycles. The predicted octanol–water partition coefficient (Wildman–Crippen LogP) is 5.09. The van der Waals surface area contributed by atoms with E-state index in [2.05, 4.69) is 24.8 Å². The minimum absolute atomic E-state index is 0.305. The molecule has 0 bridgehead atoms. The maximum absolute atomic E-state index is 13.8. The van der Waals surface area contributed by atoms with Crippen LogP contribution in [0.1, 0.15) is 32.3 Å². The Balaban J connectivity index is 1.66.